The van der Waals surface area contributed by atoms with Gasteiger partial charge in [-0.05, 0) is 54.6 Å². The minimum Gasteiger partial charge on any atom is -0.506 e. The molecule has 0 saturated heterocycles. The zero-order valence-corrected chi connectivity index (χ0v) is 19.2. The van der Waals surface area contributed by atoms with Crippen molar-refractivity contribution in [3.05, 3.63) is 66.7 Å². The molecule has 0 bridgehead atoms. The van der Waals surface area contributed by atoms with Gasteiger partial charge >= 0.3 is 0 Å². The van der Waals surface area contributed by atoms with E-state index < -0.39 is 25.8 Å². The van der Waals surface area contributed by atoms with Crippen LogP contribution < -0.4 is 19.5 Å². The van der Waals surface area contributed by atoms with Crippen LogP contribution in [0.5, 0.6) is 11.5 Å². The quantitative estimate of drug-likeness (QED) is 0.354. The van der Waals surface area contributed by atoms with E-state index in [0.29, 0.717) is 11.4 Å². The second-order valence-electron chi connectivity index (χ2n) is 6.80. The second kappa shape index (κ2) is 9.38. The molecule has 33 heavy (non-hydrogen) atoms. The molecule has 0 spiro atoms. The Morgan fingerprint density at radius 2 is 1.39 bits per heavy atom. The molecule has 0 radical (unpaired) electrons. The molecule has 0 aromatic heterocycles. The Bertz CT molecular complexity index is 1390. The van der Waals surface area contributed by atoms with Gasteiger partial charge in [-0.1, -0.05) is 12.1 Å². The highest BCUT2D eigenvalue weighted by atomic mass is 32.2. The Kier molecular flexibility index (Phi) is 6.79. The standard InChI is InChI=1S/C21H21N3O7S2/c1-14(25)22-15-7-9-16(10-8-15)32(27,28)24-19-13-17(11-12-20(19)26)33(29,30)23-18-5-3-4-6-21(18)31-2/h3-13,23-24,26H,1-2H3,(H,22,25). The molecular weight excluding hydrogens is 470 g/mol. The minimum atomic E-state index is -4.17. The Morgan fingerprint density at radius 3 is 2.03 bits per heavy atom. The summed E-state index contributed by atoms with van der Waals surface area (Å²) in [5.41, 5.74) is 0.262. The van der Waals surface area contributed by atoms with Crippen LogP contribution in [0.15, 0.2) is 76.5 Å². The van der Waals surface area contributed by atoms with E-state index in [2.05, 4.69) is 14.8 Å². The number of phenolic OH excluding ortho intramolecular Hbond substituents is 1. The molecule has 0 unspecified atom stereocenters. The van der Waals surface area contributed by atoms with Gasteiger partial charge < -0.3 is 15.2 Å². The van der Waals surface area contributed by atoms with Crippen molar-refractivity contribution in [3.63, 3.8) is 0 Å². The molecular formula is C21H21N3O7S2. The summed E-state index contributed by atoms with van der Waals surface area (Å²) in [6, 6.07) is 14.9. The number of nitrogens with one attached hydrogen (secondary N) is 3. The van der Waals surface area contributed by atoms with Crippen molar-refractivity contribution in [2.45, 2.75) is 16.7 Å². The highest BCUT2D eigenvalue weighted by Gasteiger charge is 2.21. The Balaban J connectivity index is 1.88. The predicted molar refractivity (Wildman–Crippen MR) is 123 cm³/mol. The first-order valence-corrected chi connectivity index (χ1v) is 12.4. The first-order chi connectivity index (χ1) is 15.5. The van der Waals surface area contributed by atoms with Crippen molar-refractivity contribution in [2.24, 2.45) is 0 Å². The molecule has 0 atom stereocenters. The summed E-state index contributed by atoms with van der Waals surface area (Å²) >= 11 is 0. The van der Waals surface area contributed by atoms with Crippen LogP contribution in [-0.2, 0) is 24.8 Å². The molecule has 4 N–H and O–H groups in total. The third-order valence-corrected chi connectivity index (χ3v) is 7.10. The van der Waals surface area contributed by atoms with Gasteiger partial charge in [0.1, 0.15) is 11.5 Å². The minimum absolute atomic E-state index is 0.156. The summed E-state index contributed by atoms with van der Waals surface area (Å²) < 4.78 is 60.8. The average Bonchev–Trinajstić information content (AvgIpc) is 2.75. The lowest BCUT2D eigenvalue weighted by Crippen LogP contribution is -2.16. The third-order valence-electron chi connectivity index (χ3n) is 4.36. The van der Waals surface area contributed by atoms with Crippen LogP contribution >= 0.6 is 0 Å². The van der Waals surface area contributed by atoms with E-state index in [1.807, 2.05) is 0 Å². The number of amides is 1. The van der Waals surface area contributed by atoms with E-state index in [9.17, 15) is 26.7 Å². The SMILES string of the molecule is COc1ccccc1NS(=O)(=O)c1ccc(O)c(NS(=O)(=O)c2ccc(NC(C)=O)cc2)c1. The van der Waals surface area contributed by atoms with Crippen LogP contribution in [0.4, 0.5) is 17.1 Å². The fourth-order valence-electron chi connectivity index (χ4n) is 2.82. The largest absolute Gasteiger partial charge is 0.506 e. The number of carbonyl (C=O) groups is 1. The van der Waals surface area contributed by atoms with Crippen molar-refractivity contribution in [3.8, 4) is 11.5 Å². The van der Waals surface area contributed by atoms with E-state index in [-0.39, 0.29) is 27.1 Å². The van der Waals surface area contributed by atoms with E-state index in [1.165, 1.54) is 44.4 Å². The molecule has 0 saturated carbocycles. The fraction of sp³-hybridized carbons (Fsp3) is 0.0952. The van der Waals surface area contributed by atoms with Crippen LogP contribution in [0.25, 0.3) is 0 Å². The fourth-order valence-corrected chi connectivity index (χ4v) is 4.98. The van der Waals surface area contributed by atoms with Crippen molar-refractivity contribution >= 4 is 43.0 Å². The van der Waals surface area contributed by atoms with Gasteiger partial charge in [0.2, 0.25) is 5.91 Å². The number of sulfonamides is 2. The smallest absolute Gasteiger partial charge is 0.262 e. The number of aromatic hydroxyl groups is 1. The van der Waals surface area contributed by atoms with Crippen molar-refractivity contribution in [2.75, 3.05) is 21.9 Å². The molecule has 0 fully saturated rings. The first-order valence-electron chi connectivity index (χ1n) is 9.41. The number of hydrogen-bond acceptors (Lipinski definition) is 7. The van der Waals surface area contributed by atoms with Gasteiger partial charge in [0, 0.05) is 12.6 Å². The number of benzene rings is 3. The molecule has 3 rings (SSSR count). The summed E-state index contributed by atoms with van der Waals surface area (Å²) in [5, 5.41) is 12.6. The normalized spacial score (nSPS) is 11.5. The van der Waals surface area contributed by atoms with E-state index in [1.54, 1.807) is 18.2 Å². The first kappa shape index (κ1) is 23.9. The molecule has 174 valence electrons. The molecule has 0 aliphatic carbocycles. The zero-order chi connectivity index (χ0) is 24.2. The van der Waals surface area contributed by atoms with Crippen molar-refractivity contribution in [1.82, 2.24) is 0 Å². The highest BCUT2D eigenvalue weighted by molar-refractivity contribution is 7.93. The molecule has 10 nitrogen and oxygen atoms in total. The number of hydrogen-bond donors (Lipinski definition) is 4. The van der Waals surface area contributed by atoms with Crippen LogP contribution in [-0.4, -0.2) is 35.0 Å². The molecule has 12 heteroatoms. The van der Waals surface area contributed by atoms with Crippen molar-refractivity contribution < 1.29 is 31.5 Å². The Labute approximate surface area is 191 Å². The van der Waals surface area contributed by atoms with Crippen LogP contribution in [0.2, 0.25) is 0 Å². The maximum absolute atomic E-state index is 12.8. The van der Waals surface area contributed by atoms with Gasteiger partial charge in [0.15, 0.2) is 0 Å². The van der Waals surface area contributed by atoms with Crippen molar-refractivity contribution in [1.29, 1.82) is 0 Å². The Hall–Kier alpha value is -3.77. The number of carbonyl (C=O) groups excluding carboxylic acids is 1. The van der Waals surface area contributed by atoms with Gasteiger partial charge in [-0.25, -0.2) is 16.8 Å². The maximum Gasteiger partial charge on any atom is 0.262 e. The van der Waals surface area contributed by atoms with Crippen LogP contribution in [0, 0.1) is 0 Å². The van der Waals surface area contributed by atoms with Gasteiger partial charge in [0.25, 0.3) is 20.0 Å². The number of methoxy groups -OCH3 is 1. The maximum atomic E-state index is 12.8. The van der Waals surface area contributed by atoms with E-state index in [4.69, 9.17) is 4.74 Å². The molecule has 0 aliphatic rings. The Morgan fingerprint density at radius 1 is 0.818 bits per heavy atom. The zero-order valence-electron chi connectivity index (χ0n) is 17.6. The summed E-state index contributed by atoms with van der Waals surface area (Å²) in [5.74, 6) is -0.485. The number of rotatable bonds is 8. The number of ether oxygens (including phenoxy) is 1. The average molecular weight is 492 g/mol. The lowest BCUT2D eigenvalue weighted by atomic mass is 10.3. The van der Waals surface area contributed by atoms with Gasteiger partial charge in [-0.15, -0.1) is 0 Å². The second-order valence-corrected chi connectivity index (χ2v) is 10.2. The molecule has 0 aliphatic heterocycles. The van der Waals surface area contributed by atoms with E-state index in [0.717, 1.165) is 18.2 Å². The highest BCUT2D eigenvalue weighted by Crippen LogP contribution is 2.31. The molecule has 3 aromatic rings. The predicted octanol–water partition coefficient (Wildman–Crippen LogP) is 2.96. The third kappa shape index (κ3) is 5.73. The lowest BCUT2D eigenvalue weighted by molar-refractivity contribution is -0.114. The number of phenols is 1. The van der Waals surface area contributed by atoms with Crippen LogP contribution in [0.1, 0.15) is 6.92 Å². The summed E-state index contributed by atoms with van der Waals surface area (Å²) in [7, 11) is -6.92. The summed E-state index contributed by atoms with van der Waals surface area (Å²) in [6.45, 7) is 1.32. The molecule has 3 aromatic carbocycles. The topological polar surface area (TPSA) is 151 Å². The molecule has 0 heterocycles. The van der Waals surface area contributed by atoms with Gasteiger partial charge in [-0.2, -0.15) is 0 Å². The van der Waals surface area contributed by atoms with E-state index >= 15 is 0 Å². The number of para-hydroxylation sites is 2. The van der Waals surface area contributed by atoms with Crippen LogP contribution in [0.3, 0.4) is 0 Å². The summed E-state index contributed by atoms with van der Waals surface area (Å²) in [4.78, 5) is 10.7. The van der Waals surface area contributed by atoms with Gasteiger partial charge in [-0.3, -0.25) is 14.2 Å². The lowest BCUT2D eigenvalue weighted by Gasteiger charge is -2.14. The monoisotopic (exact) mass is 491 g/mol. The summed E-state index contributed by atoms with van der Waals surface area (Å²) in [6.07, 6.45) is 0. The number of anilines is 3. The molecule has 1 amide bonds. The van der Waals surface area contributed by atoms with Gasteiger partial charge in [0.05, 0.1) is 28.3 Å².